The van der Waals surface area contributed by atoms with Crippen LogP contribution in [0.5, 0.6) is 0 Å². The Morgan fingerprint density at radius 2 is 1.84 bits per heavy atom. The Bertz CT molecular complexity index is 547. The molecule has 2 rings (SSSR count). The Labute approximate surface area is 126 Å². The number of halogens is 2. The van der Waals surface area contributed by atoms with Crippen LogP contribution >= 0.6 is 27.5 Å². The lowest BCUT2D eigenvalue weighted by atomic mass is 9.97. The van der Waals surface area contributed by atoms with Crippen LogP contribution in [-0.2, 0) is 6.42 Å². The van der Waals surface area contributed by atoms with Gasteiger partial charge in [-0.2, -0.15) is 0 Å². The van der Waals surface area contributed by atoms with Gasteiger partial charge < -0.3 is 10.8 Å². The molecule has 0 heterocycles. The SMILES string of the molecule is NC(Cc1ccccc1)C(O)c1ccc(Cl)c(Br)c1. The van der Waals surface area contributed by atoms with E-state index < -0.39 is 6.10 Å². The zero-order chi connectivity index (χ0) is 13.8. The second-order valence-electron chi connectivity index (χ2n) is 4.47. The standard InChI is InChI=1S/C15H15BrClNO/c16-12-9-11(6-7-13(12)17)15(19)14(18)8-10-4-2-1-3-5-10/h1-7,9,14-15,19H,8,18H2. The van der Waals surface area contributed by atoms with Crippen LogP contribution in [0, 0.1) is 0 Å². The number of hydrogen-bond acceptors (Lipinski definition) is 2. The van der Waals surface area contributed by atoms with E-state index in [0.717, 1.165) is 15.6 Å². The van der Waals surface area contributed by atoms with E-state index in [1.165, 1.54) is 0 Å². The summed E-state index contributed by atoms with van der Waals surface area (Å²) in [6.07, 6.45) is -0.0869. The quantitative estimate of drug-likeness (QED) is 0.891. The molecule has 19 heavy (non-hydrogen) atoms. The Morgan fingerprint density at radius 3 is 2.47 bits per heavy atom. The summed E-state index contributed by atoms with van der Waals surface area (Å²) in [4.78, 5) is 0. The first-order chi connectivity index (χ1) is 9.08. The van der Waals surface area contributed by atoms with Gasteiger partial charge in [0, 0.05) is 10.5 Å². The molecule has 2 nitrogen and oxygen atoms in total. The van der Waals surface area contributed by atoms with Gasteiger partial charge in [0.25, 0.3) is 0 Å². The Balaban J connectivity index is 2.10. The smallest absolute Gasteiger partial charge is 0.0944 e. The molecule has 4 heteroatoms. The third-order valence-corrected chi connectivity index (χ3v) is 4.22. The first-order valence-corrected chi connectivity index (χ1v) is 7.17. The molecule has 2 aromatic carbocycles. The second-order valence-corrected chi connectivity index (χ2v) is 5.73. The van der Waals surface area contributed by atoms with Gasteiger partial charge >= 0.3 is 0 Å². The van der Waals surface area contributed by atoms with Crippen molar-refractivity contribution in [3.8, 4) is 0 Å². The highest BCUT2D eigenvalue weighted by Gasteiger charge is 2.18. The average Bonchev–Trinajstić information content (AvgIpc) is 2.42. The molecule has 2 unspecified atom stereocenters. The first kappa shape index (κ1) is 14.5. The summed E-state index contributed by atoms with van der Waals surface area (Å²) in [7, 11) is 0. The Morgan fingerprint density at radius 1 is 1.16 bits per heavy atom. The molecule has 0 aliphatic carbocycles. The van der Waals surface area contributed by atoms with Gasteiger partial charge in [0.05, 0.1) is 11.1 Å². The lowest BCUT2D eigenvalue weighted by Gasteiger charge is -2.19. The number of nitrogens with two attached hydrogens (primary N) is 1. The zero-order valence-corrected chi connectivity index (χ0v) is 12.6. The van der Waals surface area contributed by atoms with Crippen LogP contribution in [-0.4, -0.2) is 11.1 Å². The molecule has 0 fully saturated rings. The maximum absolute atomic E-state index is 10.3. The van der Waals surface area contributed by atoms with Gasteiger partial charge in [-0.05, 0) is 45.6 Å². The van der Waals surface area contributed by atoms with Crippen LogP contribution in [0.25, 0.3) is 0 Å². The summed E-state index contributed by atoms with van der Waals surface area (Å²) < 4.78 is 0.762. The van der Waals surface area contributed by atoms with E-state index in [9.17, 15) is 5.11 Å². The van der Waals surface area contributed by atoms with Crippen molar-refractivity contribution in [3.05, 3.63) is 69.2 Å². The van der Waals surface area contributed by atoms with Crippen LogP contribution in [0.4, 0.5) is 0 Å². The van der Waals surface area contributed by atoms with Crippen molar-refractivity contribution in [1.82, 2.24) is 0 Å². The van der Waals surface area contributed by atoms with E-state index in [1.807, 2.05) is 30.3 Å². The maximum Gasteiger partial charge on any atom is 0.0944 e. The van der Waals surface area contributed by atoms with Gasteiger partial charge in [0.2, 0.25) is 0 Å². The molecule has 2 atom stereocenters. The number of aliphatic hydroxyl groups excluding tert-OH is 1. The number of aliphatic hydroxyl groups is 1. The molecule has 0 bridgehead atoms. The van der Waals surface area contributed by atoms with Crippen LogP contribution in [0.2, 0.25) is 5.02 Å². The molecule has 0 saturated heterocycles. The van der Waals surface area contributed by atoms with E-state index in [2.05, 4.69) is 15.9 Å². The second kappa shape index (κ2) is 6.53. The van der Waals surface area contributed by atoms with Crippen molar-refractivity contribution in [1.29, 1.82) is 0 Å². The van der Waals surface area contributed by atoms with Gasteiger partial charge in [-0.1, -0.05) is 48.0 Å². The summed E-state index contributed by atoms with van der Waals surface area (Å²) in [5.74, 6) is 0. The topological polar surface area (TPSA) is 46.2 Å². The fourth-order valence-corrected chi connectivity index (χ4v) is 2.46. The van der Waals surface area contributed by atoms with Crippen LogP contribution in [0.1, 0.15) is 17.2 Å². The summed E-state index contributed by atoms with van der Waals surface area (Å²) in [5.41, 5.74) is 7.95. The summed E-state index contributed by atoms with van der Waals surface area (Å²) in [6.45, 7) is 0. The lowest BCUT2D eigenvalue weighted by Crippen LogP contribution is -2.30. The van der Waals surface area contributed by atoms with E-state index in [0.29, 0.717) is 11.4 Å². The summed E-state index contributed by atoms with van der Waals surface area (Å²) in [5, 5.41) is 10.9. The van der Waals surface area contributed by atoms with Crippen LogP contribution in [0.15, 0.2) is 53.0 Å². The van der Waals surface area contributed by atoms with Gasteiger partial charge in [0.15, 0.2) is 0 Å². The Kier molecular flexibility index (Phi) is 4.99. The van der Waals surface area contributed by atoms with Crippen molar-refractivity contribution in [2.75, 3.05) is 0 Å². The highest BCUT2D eigenvalue weighted by Crippen LogP contribution is 2.27. The van der Waals surface area contributed by atoms with E-state index in [1.54, 1.807) is 18.2 Å². The molecule has 0 aliphatic heterocycles. The Hall–Kier alpha value is -0.870. The minimum Gasteiger partial charge on any atom is -0.387 e. The first-order valence-electron chi connectivity index (χ1n) is 6.00. The molecule has 0 spiro atoms. The highest BCUT2D eigenvalue weighted by atomic mass is 79.9. The van der Waals surface area contributed by atoms with Gasteiger partial charge in [-0.25, -0.2) is 0 Å². The van der Waals surface area contributed by atoms with Crippen molar-refractivity contribution < 1.29 is 5.11 Å². The predicted molar refractivity (Wildman–Crippen MR) is 82.2 cm³/mol. The normalized spacial score (nSPS) is 14.1. The van der Waals surface area contributed by atoms with E-state index in [4.69, 9.17) is 17.3 Å². The molecule has 3 N–H and O–H groups in total. The summed E-state index contributed by atoms with van der Waals surface area (Å²) in [6, 6.07) is 14.9. The lowest BCUT2D eigenvalue weighted by molar-refractivity contribution is 0.146. The minimum absolute atomic E-state index is 0.351. The molecule has 0 aliphatic rings. The molecule has 100 valence electrons. The van der Waals surface area contributed by atoms with Crippen molar-refractivity contribution in [2.45, 2.75) is 18.6 Å². The minimum atomic E-state index is -0.714. The third kappa shape index (κ3) is 3.80. The molecule has 0 saturated carbocycles. The van der Waals surface area contributed by atoms with Crippen LogP contribution in [0.3, 0.4) is 0 Å². The predicted octanol–water partition coefficient (Wildman–Crippen LogP) is 3.71. The molecule has 0 radical (unpaired) electrons. The largest absolute Gasteiger partial charge is 0.387 e. The fourth-order valence-electron chi connectivity index (χ4n) is 1.94. The van der Waals surface area contributed by atoms with Gasteiger partial charge in [-0.3, -0.25) is 0 Å². The van der Waals surface area contributed by atoms with Crippen molar-refractivity contribution in [3.63, 3.8) is 0 Å². The van der Waals surface area contributed by atoms with E-state index >= 15 is 0 Å². The molecular formula is C15H15BrClNO. The highest BCUT2D eigenvalue weighted by molar-refractivity contribution is 9.10. The molecule has 0 aromatic heterocycles. The van der Waals surface area contributed by atoms with Crippen molar-refractivity contribution >= 4 is 27.5 Å². The zero-order valence-electron chi connectivity index (χ0n) is 10.3. The molecule has 0 amide bonds. The third-order valence-electron chi connectivity index (χ3n) is 3.00. The van der Waals surface area contributed by atoms with Crippen LogP contribution < -0.4 is 5.73 Å². The monoisotopic (exact) mass is 339 g/mol. The van der Waals surface area contributed by atoms with Crippen molar-refractivity contribution in [2.24, 2.45) is 5.73 Å². The average molecular weight is 341 g/mol. The van der Waals surface area contributed by atoms with Gasteiger partial charge in [-0.15, -0.1) is 0 Å². The number of rotatable bonds is 4. The fraction of sp³-hybridized carbons (Fsp3) is 0.200. The molecular weight excluding hydrogens is 326 g/mol. The number of benzene rings is 2. The van der Waals surface area contributed by atoms with E-state index in [-0.39, 0.29) is 6.04 Å². The maximum atomic E-state index is 10.3. The summed E-state index contributed by atoms with van der Waals surface area (Å²) >= 11 is 9.28. The number of hydrogen-bond donors (Lipinski definition) is 2. The van der Waals surface area contributed by atoms with Gasteiger partial charge in [0.1, 0.15) is 0 Å². The molecule has 2 aromatic rings.